The summed E-state index contributed by atoms with van der Waals surface area (Å²) in [4.78, 5) is 0. The van der Waals surface area contributed by atoms with Crippen molar-refractivity contribution in [2.24, 2.45) is 5.41 Å². The average molecular weight is 385 g/mol. The summed E-state index contributed by atoms with van der Waals surface area (Å²) >= 11 is 0.149. The zero-order valence-corrected chi connectivity index (χ0v) is 15.1. The number of hydrogen-bond acceptors (Lipinski definition) is 4. The number of aliphatic hydroxyl groups is 4. The molecule has 0 spiro atoms. The predicted octanol–water partition coefficient (Wildman–Crippen LogP) is 0.951. The molecule has 19 heavy (non-hydrogen) atoms. The molecule has 0 heterocycles. The Morgan fingerprint density at radius 1 is 0.737 bits per heavy atom. The van der Waals surface area contributed by atoms with E-state index in [0.29, 0.717) is 0 Å². The minimum atomic E-state index is -1.11. The Balaban J connectivity index is -0.000000256. The Morgan fingerprint density at radius 3 is 1.21 bits per heavy atom. The maximum absolute atomic E-state index is 8.50. The third-order valence-corrected chi connectivity index (χ3v) is 6.79. The molecule has 0 aliphatic carbocycles. The molecule has 0 fully saturated rings. The summed E-state index contributed by atoms with van der Waals surface area (Å²) in [5.41, 5.74) is -1.11. The van der Waals surface area contributed by atoms with Crippen LogP contribution in [0.15, 0.2) is 0 Å². The molecule has 0 aromatic heterocycles. The maximum Gasteiger partial charge on any atom is 0.0627 e. The molecule has 0 saturated carbocycles. The van der Waals surface area contributed by atoms with Gasteiger partial charge in [-0.1, -0.05) is 0 Å². The van der Waals surface area contributed by atoms with Crippen molar-refractivity contribution in [1.29, 1.82) is 0 Å². The van der Waals surface area contributed by atoms with E-state index < -0.39 is 31.8 Å². The van der Waals surface area contributed by atoms with Gasteiger partial charge in [0.25, 0.3) is 0 Å². The largest absolute Gasteiger partial charge is 2.00 e. The van der Waals surface area contributed by atoms with Crippen LogP contribution in [0.1, 0.15) is 39.5 Å². The standard InChI is InChI=1S/C5H12O4.2C4H9.O.Sn/c6-1-5(2-7,3-8)4-9;2*1-3-4-2;;/h6-9H,1-4H2;2*1,3-4H2,2H3;;/q;;;-2;+2. The summed E-state index contributed by atoms with van der Waals surface area (Å²) in [6.07, 6.45) is 5.84. The van der Waals surface area contributed by atoms with E-state index in [0.717, 1.165) is 0 Å². The maximum atomic E-state index is 8.50. The Hall–Kier alpha value is 0.599. The molecule has 0 atom stereocenters. The first kappa shape index (κ1) is 24.6. The summed E-state index contributed by atoms with van der Waals surface area (Å²) in [6, 6.07) is 0. The molecule has 5 nitrogen and oxygen atoms in total. The minimum Gasteiger partial charge on any atom is -2.00 e. The van der Waals surface area contributed by atoms with Crippen LogP contribution in [0.2, 0.25) is 8.87 Å². The summed E-state index contributed by atoms with van der Waals surface area (Å²) in [5, 5.41) is 34.0. The summed E-state index contributed by atoms with van der Waals surface area (Å²) in [7, 11) is 0. The second-order valence-electron chi connectivity index (χ2n) is 4.59. The molecule has 0 rings (SSSR count). The van der Waals surface area contributed by atoms with E-state index in [9.17, 15) is 0 Å². The Morgan fingerprint density at radius 2 is 1.05 bits per heavy atom. The summed E-state index contributed by atoms with van der Waals surface area (Å²) < 4.78 is 3.25. The fourth-order valence-corrected chi connectivity index (χ4v) is 5.19. The van der Waals surface area contributed by atoms with Gasteiger partial charge in [-0.25, -0.2) is 0 Å². The van der Waals surface area contributed by atoms with Crippen LogP contribution < -0.4 is 0 Å². The van der Waals surface area contributed by atoms with Crippen LogP contribution in [0.5, 0.6) is 0 Å². The molecule has 0 radical (unpaired) electrons. The molecule has 116 valence electrons. The zero-order chi connectivity index (χ0) is 14.3. The van der Waals surface area contributed by atoms with E-state index in [1.165, 1.54) is 25.7 Å². The second-order valence-corrected chi connectivity index (χ2v) is 8.87. The SMILES string of the molecule is CCC[CH2][Sn+2][CH2]CCC.OCC(CO)(CO)CO.[O-2]. The van der Waals surface area contributed by atoms with E-state index in [-0.39, 0.29) is 26.6 Å². The molecule has 0 unspecified atom stereocenters. The van der Waals surface area contributed by atoms with Crippen molar-refractivity contribution in [1.82, 2.24) is 0 Å². The molecule has 0 aromatic carbocycles. The van der Waals surface area contributed by atoms with E-state index in [2.05, 4.69) is 13.8 Å². The first-order valence-electron chi connectivity index (χ1n) is 6.80. The van der Waals surface area contributed by atoms with Crippen molar-refractivity contribution in [2.75, 3.05) is 26.4 Å². The van der Waals surface area contributed by atoms with Gasteiger partial charge in [0.1, 0.15) is 0 Å². The third-order valence-electron chi connectivity index (χ3n) is 2.76. The van der Waals surface area contributed by atoms with Crippen molar-refractivity contribution >= 4 is 21.1 Å². The van der Waals surface area contributed by atoms with Gasteiger partial charge in [0, 0.05) is 0 Å². The van der Waals surface area contributed by atoms with E-state index >= 15 is 0 Å². The second kappa shape index (κ2) is 18.6. The van der Waals surface area contributed by atoms with Crippen molar-refractivity contribution in [3.63, 3.8) is 0 Å². The predicted molar refractivity (Wildman–Crippen MR) is 76.6 cm³/mol. The molecule has 0 amide bonds. The fourth-order valence-electron chi connectivity index (χ4n) is 1.03. The van der Waals surface area contributed by atoms with Crippen LogP contribution in [-0.4, -0.2) is 68.0 Å². The molecule has 4 N–H and O–H groups in total. The summed E-state index contributed by atoms with van der Waals surface area (Å²) in [5.74, 6) is 0. The van der Waals surface area contributed by atoms with Gasteiger partial charge in [-0.2, -0.15) is 0 Å². The number of hydrogen-bond donors (Lipinski definition) is 4. The Bertz CT molecular complexity index is 130. The smallest absolute Gasteiger partial charge is 0.0627 e. The fraction of sp³-hybridized carbons (Fsp3) is 1.00. The van der Waals surface area contributed by atoms with Crippen LogP contribution in [-0.2, 0) is 5.48 Å². The van der Waals surface area contributed by atoms with Crippen molar-refractivity contribution < 1.29 is 25.9 Å². The van der Waals surface area contributed by atoms with Crippen LogP contribution in [0.25, 0.3) is 0 Å². The van der Waals surface area contributed by atoms with Gasteiger partial charge in [0.2, 0.25) is 0 Å². The Kier molecular flexibility index (Phi) is 24.1. The van der Waals surface area contributed by atoms with Gasteiger partial charge >= 0.3 is 69.5 Å². The molecule has 6 heteroatoms. The molecule has 0 aromatic rings. The molecule has 0 saturated heterocycles. The molecule has 0 bridgehead atoms. The van der Waals surface area contributed by atoms with E-state index in [4.69, 9.17) is 20.4 Å². The normalized spacial score (nSPS) is 10.0. The van der Waals surface area contributed by atoms with Crippen molar-refractivity contribution in [2.45, 2.75) is 48.4 Å². The third kappa shape index (κ3) is 14.8. The first-order valence-corrected chi connectivity index (χ1v) is 10.8. The monoisotopic (exact) mass is 386 g/mol. The van der Waals surface area contributed by atoms with E-state index in [1.807, 2.05) is 0 Å². The van der Waals surface area contributed by atoms with Gasteiger partial charge in [-0.3, -0.25) is 0 Å². The minimum absolute atomic E-state index is 0. The number of rotatable bonds is 10. The van der Waals surface area contributed by atoms with Crippen molar-refractivity contribution in [3.05, 3.63) is 0 Å². The quantitative estimate of drug-likeness (QED) is 0.332. The van der Waals surface area contributed by atoms with Gasteiger partial charge in [-0.15, -0.1) is 0 Å². The van der Waals surface area contributed by atoms with Gasteiger partial charge in [0.05, 0.1) is 31.8 Å². The average Bonchev–Trinajstić information content (AvgIpc) is 2.43. The van der Waals surface area contributed by atoms with Crippen LogP contribution >= 0.6 is 0 Å². The van der Waals surface area contributed by atoms with Crippen LogP contribution in [0.3, 0.4) is 0 Å². The first-order chi connectivity index (χ1) is 8.66. The van der Waals surface area contributed by atoms with Gasteiger partial charge < -0.3 is 25.9 Å². The molecule has 0 aliphatic rings. The number of aliphatic hydroxyl groups excluding tert-OH is 4. The van der Waals surface area contributed by atoms with Crippen molar-refractivity contribution in [3.8, 4) is 0 Å². The zero-order valence-electron chi connectivity index (χ0n) is 12.3. The molecule has 0 aliphatic heterocycles. The van der Waals surface area contributed by atoms with Gasteiger partial charge in [-0.05, 0) is 0 Å². The van der Waals surface area contributed by atoms with Gasteiger partial charge in [0.15, 0.2) is 0 Å². The van der Waals surface area contributed by atoms with E-state index in [1.54, 1.807) is 8.87 Å². The topological polar surface area (TPSA) is 109 Å². The number of unbranched alkanes of at least 4 members (excludes halogenated alkanes) is 2. The molecular weight excluding hydrogens is 355 g/mol. The van der Waals surface area contributed by atoms with Crippen LogP contribution in [0, 0.1) is 5.41 Å². The van der Waals surface area contributed by atoms with Crippen LogP contribution in [0.4, 0.5) is 0 Å². The summed E-state index contributed by atoms with van der Waals surface area (Å²) in [6.45, 7) is 2.96. The molecular formula is C13H30O5Sn. The Labute approximate surface area is 127 Å².